The molecule has 5 N–H and O–H groups in total. The number of rotatable bonds is 22. The number of halogens is 1. The number of carbonyl (C=O) groups is 2. The summed E-state index contributed by atoms with van der Waals surface area (Å²) in [5.74, 6) is 0.0820. The number of H-pyrrole nitrogens is 1. The van der Waals surface area contributed by atoms with Gasteiger partial charge in [0, 0.05) is 70.8 Å². The predicted octanol–water partition coefficient (Wildman–Crippen LogP) is 4.17. The summed E-state index contributed by atoms with van der Waals surface area (Å²) in [5, 5.41) is 21.9. The van der Waals surface area contributed by atoms with Crippen LogP contribution in [0.4, 0.5) is 27.9 Å². The maximum Gasteiger partial charge on any atom is 0.278 e. The number of aromatic amines is 1. The number of nitrogens with one attached hydrogen (secondary N) is 5. The van der Waals surface area contributed by atoms with Crippen molar-refractivity contribution in [3.63, 3.8) is 0 Å². The molecular weight excluding hydrogens is 824 g/mol. The summed E-state index contributed by atoms with van der Waals surface area (Å²) >= 11 is 0. The molecule has 6 rings (SSSR count). The summed E-state index contributed by atoms with van der Waals surface area (Å²) in [6.07, 6.45) is 1.77. The second-order valence-corrected chi connectivity index (χ2v) is 14.4. The Morgan fingerprint density at radius 2 is 1.75 bits per heavy atom. The minimum atomic E-state index is -0.845. The van der Waals surface area contributed by atoms with E-state index in [0.717, 1.165) is 11.1 Å². The minimum Gasteiger partial charge on any atom is -0.479 e. The van der Waals surface area contributed by atoms with Crippen LogP contribution < -0.4 is 21.3 Å². The highest BCUT2D eigenvalue weighted by atomic mass is 19.1. The maximum atomic E-state index is 13.9. The standard InChI is InChI=1S/C44H51FN14O5/c1-5-48-40(63-4)38(47-2)41(61)59-18-16-58(17-19-59)28-31-7-6-8-33(23-31)51-43-55-42(50-27-37-52-34-14-13-32(45)25-35(34)53-37)56-44(57-43)54-36(24-29-9-11-30(26-46)12-10-29)39(60)49-15-20-64-22-21-62-3/h5-14,23,25,36H,2,15-22,24,27-28H2,1,3-4H3,(H,49,60)(H,52,53)(H3,50,51,54,55,56,57)/b40-38+,48-5-/t36-/m0/s1. The molecule has 64 heavy (non-hydrogen) atoms. The molecule has 20 heteroatoms. The van der Waals surface area contributed by atoms with Crippen LogP contribution in [0.1, 0.15) is 29.4 Å². The molecule has 0 unspecified atom stereocenters. The molecule has 0 radical (unpaired) electrons. The normalized spacial score (nSPS) is 13.8. The van der Waals surface area contributed by atoms with Crippen LogP contribution in [0, 0.1) is 17.1 Å². The highest BCUT2D eigenvalue weighted by molar-refractivity contribution is 5.94. The lowest BCUT2D eigenvalue weighted by molar-refractivity contribution is -0.129. The van der Waals surface area contributed by atoms with Gasteiger partial charge in [-0.1, -0.05) is 24.3 Å². The summed E-state index contributed by atoms with van der Waals surface area (Å²) in [5.41, 5.74) is 4.22. The van der Waals surface area contributed by atoms with Crippen molar-refractivity contribution in [3.05, 3.63) is 107 Å². The van der Waals surface area contributed by atoms with Gasteiger partial charge in [-0.2, -0.15) is 20.2 Å². The fourth-order valence-electron chi connectivity index (χ4n) is 6.73. The van der Waals surface area contributed by atoms with Gasteiger partial charge in [-0.3, -0.25) is 19.5 Å². The van der Waals surface area contributed by atoms with Gasteiger partial charge in [0.25, 0.3) is 5.91 Å². The van der Waals surface area contributed by atoms with Gasteiger partial charge >= 0.3 is 0 Å². The first-order valence-corrected chi connectivity index (χ1v) is 20.5. The molecule has 5 aromatic rings. The summed E-state index contributed by atoms with van der Waals surface area (Å²) in [7, 11) is 3.02. The van der Waals surface area contributed by atoms with Crippen LogP contribution in [-0.4, -0.2) is 132 Å². The van der Waals surface area contributed by atoms with E-state index < -0.39 is 11.9 Å². The SMILES string of the molecule is C=N/C(C(=O)N1CCN(Cc2cccc(Nc3nc(NCc4nc5cc(F)ccc5[nH]4)nc(N[C@@H](Cc4ccc(C#N)cc4)C(=O)NCCOCCOC)n3)c2)CC1)=C(\N=C/C)OC. The number of aliphatic imine (C=N–C) groups is 2. The molecule has 2 amide bonds. The largest absolute Gasteiger partial charge is 0.479 e. The Hall–Kier alpha value is -7.34. The molecule has 1 aliphatic heterocycles. The second kappa shape index (κ2) is 23.2. The molecule has 19 nitrogen and oxygen atoms in total. The fraction of sp³-hybridized carbons (Fsp3) is 0.341. The molecule has 0 aliphatic carbocycles. The number of amides is 2. The van der Waals surface area contributed by atoms with Gasteiger partial charge in [-0.05, 0) is 61.2 Å². The number of nitrogens with zero attached hydrogens (tertiary/aromatic N) is 9. The van der Waals surface area contributed by atoms with Crippen LogP contribution in [0.3, 0.4) is 0 Å². The minimum absolute atomic E-state index is 0.0682. The Labute approximate surface area is 369 Å². The van der Waals surface area contributed by atoms with Crippen molar-refractivity contribution in [1.29, 1.82) is 5.26 Å². The maximum absolute atomic E-state index is 13.9. The van der Waals surface area contributed by atoms with Crippen molar-refractivity contribution in [2.75, 3.05) is 82.7 Å². The third-order valence-electron chi connectivity index (χ3n) is 9.92. The monoisotopic (exact) mass is 874 g/mol. The lowest BCUT2D eigenvalue weighted by Crippen LogP contribution is -2.48. The van der Waals surface area contributed by atoms with Crippen LogP contribution in [0.2, 0.25) is 0 Å². The molecule has 1 aliphatic rings. The number of hydrogen-bond acceptors (Lipinski definition) is 16. The number of piperazine rings is 1. The highest BCUT2D eigenvalue weighted by Crippen LogP contribution is 2.22. The van der Waals surface area contributed by atoms with Crippen LogP contribution >= 0.6 is 0 Å². The van der Waals surface area contributed by atoms with E-state index in [-0.39, 0.29) is 67.4 Å². The van der Waals surface area contributed by atoms with Crippen molar-refractivity contribution >= 4 is 59.3 Å². The van der Waals surface area contributed by atoms with Crippen molar-refractivity contribution < 1.29 is 28.2 Å². The van der Waals surface area contributed by atoms with E-state index in [2.05, 4.69) is 73.9 Å². The Bertz CT molecular complexity index is 2480. The lowest BCUT2D eigenvalue weighted by atomic mass is 10.0. The van der Waals surface area contributed by atoms with Gasteiger partial charge in [0.1, 0.15) is 17.7 Å². The summed E-state index contributed by atoms with van der Waals surface area (Å²) in [6.45, 7) is 9.63. The third-order valence-corrected chi connectivity index (χ3v) is 9.92. The van der Waals surface area contributed by atoms with E-state index in [1.54, 1.807) is 49.3 Å². The zero-order valence-corrected chi connectivity index (χ0v) is 35.9. The smallest absolute Gasteiger partial charge is 0.278 e. The number of fused-ring (bicyclic) bond motifs is 1. The number of nitriles is 1. The van der Waals surface area contributed by atoms with E-state index in [1.807, 2.05) is 24.3 Å². The average Bonchev–Trinajstić information content (AvgIpc) is 3.71. The van der Waals surface area contributed by atoms with Gasteiger partial charge in [-0.15, -0.1) is 0 Å². The quantitative estimate of drug-likeness (QED) is 0.0285. The molecule has 1 atom stereocenters. The number of imidazole rings is 1. The first-order chi connectivity index (χ1) is 31.2. The third kappa shape index (κ3) is 13.1. The van der Waals surface area contributed by atoms with Gasteiger partial charge < -0.3 is 45.4 Å². The molecular formula is C44H51FN14O5. The van der Waals surface area contributed by atoms with Gasteiger partial charge in [0.2, 0.25) is 29.6 Å². The molecule has 0 spiro atoms. The van der Waals surface area contributed by atoms with Crippen molar-refractivity contribution in [3.8, 4) is 6.07 Å². The molecule has 334 valence electrons. The van der Waals surface area contributed by atoms with Crippen LogP contribution in [0.15, 0.2) is 88.3 Å². The zero-order valence-electron chi connectivity index (χ0n) is 35.9. The van der Waals surface area contributed by atoms with E-state index in [9.17, 15) is 19.2 Å². The predicted molar refractivity (Wildman–Crippen MR) is 241 cm³/mol. The van der Waals surface area contributed by atoms with Gasteiger partial charge in [0.15, 0.2) is 5.70 Å². The molecule has 3 aromatic carbocycles. The van der Waals surface area contributed by atoms with Crippen LogP contribution in [-0.2, 0) is 43.3 Å². The van der Waals surface area contributed by atoms with E-state index in [4.69, 9.17) is 14.2 Å². The van der Waals surface area contributed by atoms with E-state index >= 15 is 0 Å². The van der Waals surface area contributed by atoms with Gasteiger partial charge in [0.05, 0.1) is 56.1 Å². The van der Waals surface area contributed by atoms with Crippen molar-refractivity contribution in [2.45, 2.75) is 32.5 Å². The number of carbonyl (C=O) groups excluding carboxylic acids is 2. The molecule has 0 bridgehead atoms. The summed E-state index contributed by atoms with van der Waals surface area (Å²) in [4.78, 5) is 60.6. The van der Waals surface area contributed by atoms with Gasteiger partial charge in [-0.25, -0.2) is 14.4 Å². The summed E-state index contributed by atoms with van der Waals surface area (Å²) < 4.78 is 29.7. The molecule has 2 aromatic heterocycles. The highest BCUT2D eigenvalue weighted by Gasteiger charge is 2.26. The first-order valence-electron chi connectivity index (χ1n) is 20.5. The number of methoxy groups -OCH3 is 2. The second-order valence-electron chi connectivity index (χ2n) is 14.4. The first kappa shape index (κ1) is 46.2. The van der Waals surface area contributed by atoms with Crippen molar-refractivity contribution in [2.24, 2.45) is 9.98 Å². The molecule has 0 saturated carbocycles. The van der Waals surface area contributed by atoms with E-state index in [0.29, 0.717) is 74.0 Å². The number of anilines is 4. The topological polar surface area (TPSA) is 232 Å². The molecule has 1 saturated heterocycles. The van der Waals surface area contributed by atoms with Crippen LogP contribution in [0.5, 0.6) is 0 Å². The average molecular weight is 875 g/mol. The molecule has 3 heterocycles. The van der Waals surface area contributed by atoms with Crippen LogP contribution in [0.25, 0.3) is 11.0 Å². The number of benzene rings is 3. The lowest BCUT2D eigenvalue weighted by Gasteiger charge is -2.34. The Kier molecular flexibility index (Phi) is 16.7. The zero-order chi connectivity index (χ0) is 45.3. The molecule has 1 fully saturated rings. The fourth-order valence-corrected chi connectivity index (χ4v) is 6.73. The number of ether oxygens (including phenoxy) is 3. The Morgan fingerprint density at radius 3 is 2.48 bits per heavy atom. The van der Waals surface area contributed by atoms with E-state index in [1.165, 1.54) is 25.5 Å². The number of aromatic nitrogens is 5. The van der Waals surface area contributed by atoms with Crippen molar-refractivity contribution in [1.82, 2.24) is 40.0 Å². The Balaban J connectivity index is 1.20. The number of hydrogen-bond donors (Lipinski definition) is 5. The Morgan fingerprint density at radius 1 is 0.969 bits per heavy atom. The summed E-state index contributed by atoms with van der Waals surface area (Å²) in [6, 6.07) is 20.4.